The zero-order valence-electron chi connectivity index (χ0n) is 10.1. The van der Waals surface area contributed by atoms with Crippen LogP contribution in [0.1, 0.15) is 50.0 Å². The summed E-state index contributed by atoms with van der Waals surface area (Å²) < 4.78 is 51.2. The van der Waals surface area contributed by atoms with Gasteiger partial charge >= 0.3 is 0 Å². The molecule has 1 heterocycles. The summed E-state index contributed by atoms with van der Waals surface area (Å²) in [6, 6.07) is -0.344. The minimum Gasteiger partial charge on any atom is -0.352 e. The number of hydrogen-bond donors (Lipinski definition) is 1. The number of halogens is 4. The smallest absolute Gasteiger partial charge is 0.282 e. The number of amides is 1. The first-order valence-corrected chi connectivity index (χ1v) is 5.86. The van der Waals surface area contributed by atoms with Crippen LogP contribution in [0.5, 0.6) is 0 Å². The maximum Gasteiger partial charge on any atom is 0.282 e. The number of hydrogen-bond acceptors (Lipinski definition) is 2. The molecule has 19 heavy (non-hydrogen) atoms. The summed E-state index contributed by atoms with van der Waals surface area (Å²) in [6.45, 7) is 1.35. The molecule has 1 fully saturated rings. The fraction of sp³-hybridized carbons (Fsp3) is 0.636. The second-order valence-electron chi connectivity index (χ2n) is 4.50. The van der Waals surface area contributed by atoms with E-state index in [0.717, 1.165) is 12.8 Å². The average Bonchev–Trinajstić information content (AvgIpc) is 3.02. The lowest BCUT2D eigenvalue weighted by molar-refractivity contribution is -0.124. The Hall–Kier alpha value is -1.60. The highest BCUT2D eigenvalue weighted by molar-refractivity contribution is 5.80. The molecule has 1 aromatic heterocycles. The van der Waals surface area contributed by atoms with Gasteiger partial charge in [-0.05, 0) is 25.8 Å². The summed E-state index contributed by atoms with van der Waals surface area (Å²) in [6.07, 6.45) is -4.21. The number of nitrogens with zero attached hydrogens (tertiary/aromatic N) is 2. The Morgan fingerprint density at radius 1 is 1.37 bits per heavy atom. The monoisotopic (exact) mass is 279 g/mol. The van der Waals surface area contributed by atoms with E-state index in [4.69, 9.17) is 0 Å². The van der Waals surface area contributed by atoms with Crippen LogP contribution in [0.3, 0.4) is 0 Å². The summed E-state index contributed by atoms with van der Waals surface area (Å²) in [4.78, 5) is 11.7. The molecule has 0 aromatic carbocycles. The Balaban J connectivity index is 2.22. The van der Waals surface area contributed by atoms with Crippen molar-refractivity contribution >= 4 is 5.91 Å². The molecule has 1 aromatic rings. The maximum absolute atomic E-state index is 12.8. The van der Waals surface area contributed by atoms with Crippen molar-refractivity contribution < 1.29 is 22.4 Å². The van der Waals surface area contributed by atoms with E-state index < -0.39 is 36.2 Å². The minimum atomic E-state index is -2.96. The number of carbonyl (C=O) groups is 1. The van der Waals surface area contributed by atoms with Crippen molar-refractivity contribution in [1.82, 2.24) is 15.1 Å². The molecule has 1 aliphatic carbocycles. The van der Waals surface area contributed by atoms with Gasteiger partial charge < -0.3 is 5.32 Å². The quantitative estimate of drug-likeness (QED) is 0.842. The van der Waals surface area contributed by atoms with Crippen molar-refractivity contribution in [2.24, 2.45) is 0 Å². The zero-order valence-corrected chi connectivity index (χ0v) is 10.1. The predicted octanol–water partition coefficient (Wildman–Crippen LogP) is 2.60. The Morgan fingerprint density at radius 3 is 2.47 bits per heavy atom. The highest BCUT2D eigenvalue weighted by Crippen LogP contribution is 2.28. The summed E-state index contributed by atoms with van der Waals surface area (Å²) in [5.74, 6) is -0.492. The number of rotatable bonds is 5. The molecule has 106 valence electrons. The van der Waals surface area contributed by atoms with Crippen molar-refractivity contribution in [1.29, 1.82) is 0 Å². The molecule has 1 N–H and O–H groups in total. The molecule has 1 atom stereocenters. The van der Waals surface area contributed by atoms with E-state index in [-0.39, 0.29) is 6.04 Å². The Labute approximate surface area is 106 Å². The molecule has 0 spiro atoms. The minimum absolute atomic E-state index is 0.0649. The molecule has 1 amide bonds. The topological polar surface area (TPSA) is 46.9 Å². The van der Waals surface area contributed by atoms with Gasteiger partial charge in [0.15, 0.2) is 0 Å². The number of carbonyl (C=O) groups excluding carboxylic acids is 1. The van der Waals surface area contributed by atoms with Crippen LogP contribution in [0, 0.1) is 0 Å². The SMILES string of the molecule is CC(C(=O)NC1CC1)n1nc(C(F)F)cc1C(F)F. The van der Waals surface area contributed by atoms with Crippen LogP contribution in [0.15, 0.2) is 6.07 Å². The number of aromatic nitrogens is 2. The van der Waals surface area contributed by atoms with Crippen LogP contribution >= 0.6 is 0 Å². The highest BCUT2D eigenvalue weighted by atomic mass is 19.3. The Morgan fingerprint density at radius 2 is 2.00 bits per heavy atom. The molecule has 4 nitrogen and oxygen atoms in total. The second kappa shape index (κ2) is 5.18. The van der Waals surface area contributed by atoms with Crippen LogP contribution in [0.4, 0.5) is 17.6 Å². The lowest BCUT2D eigenvalue weighted by Gasteiger charge is -2.15. The van der Waals surface area contributed by atoms with Crippen LogP contribution in [-0.4, -0.2) is 21.7 Å². The average molecular weight is 279 g/mol. The van der Waals surface area contributed by atoms with E-state index in [9.17, 15) is 22.4 Å². The molecule has 0 radical (unpaired) electrons. The van der Waals surface area contributed by atoms with E-state index in [1.54, 1.807) is 0 Å². The van der Waals surface area contributed by atoms with Gasteiger partial charge in [-0.2, -0.15) is 5.10 Å². The molecule has 1 aliphatic rings. The lowest BCUT2D eigenvalue weighted by atomic mass is 10.3. The van der Waals surface area contributed by atoms with E-state index in [2.05, 4.69) is 10.4 Å². The van der Waals surface area contributed by atoms with E-state index in [0.29, 0.717) is 10.7 Å². The third-order valence-electron chi connectivity index (χ3n) is 2.90. The molecule has 2 rings (SSSR count). The van der Waals surface area contributed by atoms with Crippen LogP contribution < -0.4 is 5.32 Å². The predicted molar refractivity (Wildman–Crippen MR) is 58.0 cm³/mol. The van der Waals surface area contributed by atoms with Gasteiger partial charge in [-0.15, -0.1) is 0 Å². The summed E-state index contributed by atoms with van der Waals surface area (Å²) in [5.41, 5.74) is -1.42. The molecular formula is C11H13F4N3O. The maximum atomic E-state index is 12.8. The van der Waals surface area contributed by atoms with E-state index in [1.165, 1.54) is 6.92 Å². The fourth-order valence-corrected chi connectivity index (χ4v) is 1.67. The number of nitrogens with one attached hydrogen (secondary N) is 1. The third kappa shape index (κ3) is 3.05. The van der Waals surface area contributed by atoms with Gasteiger partial charge in [0.05, 0.1) is 0 Å². The Bertz CT molecular complexity index is 471. The summed E-state index contributed by atoms with van der Waals surface area (Å²) >= 11 is 0. The third-order valence-corrected chi connectivity index (χ3v) is 2.90. The first-order chi connectivity index (χ1) is 8.90. The number of alkyl halides is 4. The van der Waals surface area contributed by atoms with Crippen molar-refractivity contribution in [3.63, 3.8) is 0 Å². The molecule has 1 unspecified atom stereocenters. The summed E-state index contributed by atoms with van der Waals surface area (Å²) in [7, 11) is 0. The Kier molecular flexibility index (Phi) is 3.77. The molecular weight excluding hydrogens is 266 g/mol. The second-order valence-corrected chi connectivity index (χ2v) is 4.50. The van der Waals surface area contributed by atoms with Gasteiger partial charge in [0, 0.05) is 6.04 Å². The fourth-order valence-electron chi connectivity index (χ4n) is 1.67. The molecule has 0 bridgehead atoms. The molecule has 1 saturated carbocycles. The van der Waals surface area contributed by atoms with Crippen LogP contribution in [-0.2, 0) is 4.79 Å². The van der Waals surface area contributed by atoms with Crippen LogP contribution in [0.2, 0.25) is 0 Å². The van der Waals surface area contributed by atoms with Gasteiger partial charge in [0.1, 0.15) is 17.4 Å². The van der Waals surface area contributed by atoms with Crippen molar-refractivity contribution in [3.8, 4) is 0 Å². The largest absolute Gasteiger partial charge is 0.352 e. The van der Waals surface area contributed by atoms with Gasteiger partial charge in [-0.25, -0.2) is 17.6 Å². The van der Waals surface area contributed by atoms with Crippen molar-refractivity contribution in [3.05, 3.63) is 17.5 Å². The molecule has 0 aliphatic heterocycles. The first-order valence-electron chi connectivity index (χ1n) is 5.86. The van der Waals surface area contributed by atoms with E-state index in [1.807, 2.05) is 0 Å². The molecule has 0 saturated heterocycles. The lowest BCUT2D eigenvalue weighted by Crippen LogP contribution is -2.33. The first kappa shape index (κ1) is 13.8. The van der Waals surface area contributed by atoms with E-state index >= 15 is 0 Å². The standard InChI is InChI=1S/C11H13F4N3O/c1-5(11(19)16-6-2-3-6)18-8(10(14)15)4-7(17-18)9(12)13/h4-6,9-10H,2-3H2,1H3,(H,16,19). The van der Waals surface area contributed by atoms with Crippen molar-refractivity contribution in [2.75, 3.05) is 0 Å². The van der Waals surface area contributed by atoms with Gasteiger partial charge in [0.25, 0.3) is 12.9 Å². The normalized spacial score (nSPS) is 17.0. The van der Waals surface area contributed by atoms with Gasteiger partial charge in [-0.3, -0.25) is 9.48 Å². The molecule has 8 heteroatoms. The zero-order chi connectivity index (χ0) is 14.2. The van der Waals surface area contributed by atoms with Crippen LogP contribution in [0.25, 0.3) is 0 Å². The van der Waals surface area contributed by atoms with Gasteiger partial charge in [-0.1, -0.05) is 0 Å². The van der Waals surface area contributed by atoms with Gasteiger partial charge in [0.2, 0.25) is 5.91 Å². The summed E-state index contributed by atoms with van der Waals surface area (Å²) in [5, 5.41) is 6.03. The van der Waals surface area contributed by atoms with Crippen molar-refractivity contribution in [2.45, 2.75) is 44.7 Å². The highest BCUT2D eigenvalue weighted by Gasteiger charge is 2.30.